The van der Waals surface area contributed by atoms with Gasteiger partial charge in [0.05, 0.1) is 6.54 Å². The zero-order chi connectivity index (χ0) is 8.10. The lowest BCUT2D eigenvalue weighted by molar-refractivity contribution is 0.0588. The first-order valence-corrected chi connectivity index (χ1v) is 4.14. The Bertz CT molecular complexity index is 161. The minimum Gasteiger partial charge on any atom is -0.309 e. The molecule has 0 bridgehead atoms. The van der Waals surface area contributed by atoms with Gasteiger partial charge in [-0.1, -0.05) is 19.1 Å². The van der Waals surface area contributed by atoms with Crippen LogP contribution >= 0.6 is 0 Å². The van der Waals surface area contributed by atoms with Gasteiger partial charge in [0.1, 0.15) is 0 Å². The van der Waals surface area contributed by atoms with Crippen LogP contribution in [-0.4, -0.2) is 30.2 Å². The van der Waals surface area contributed by atoms with Crippen molar-refractivity contribution in [3.63, 3.8) is 0 Å². The van der Waals surface area contributed by atoms with Gasteiger partial charge in [0.2, 0.25) is 0 Å². The van der Waals surface area contributed by atoms with Gasteiger partial charge in [-0.05, 0) is 12.5 Å². The molecule has 1 heterocycles. The molecular formula is C9H16N2. The Labute approximate surface area is 68.8 Å². The van der Waals surface area contributed by atoms with Crippen LogP contribution in [0.2, 0.25) is 0 Å². The standard InChI is InChI=1S/C9H16N2/c1-3-4-5-7-10(2)11-8-6-9-11/h4-6,8H,3,7,9H2,1-2H3/b5-4-. The predicted molar refractivity (Wildman–Crippen MR) is 47.9 cm³/mol. The first kappa shape index (κ1) is 8.34. The van der Waals surface area contributed by atoms with Crippen molar-refractivity contribution in [3.8, 4) is 0 Å². The smallest absolute Gasteiger partial charge is 0.0538 e. The summed E-state index contributed by atoms with van der Waals surface area (Å²) in [7, 11) is 2.10. The predicted octanol–water partition coefficient (Wildman–Crippen LogP) is 1.63. The Balaban J connectivity index is 2.15. The quantitative estimate of drug-likeness (QED) is 0.565. The van der Waals surface area contributed by atoms with Crippen molar-refractivity contribution in [3.05, 3.63) is 24.4 Å². The van der Waals surface area contributed by atoms with Gasteiger partial charge in [0.15, 0.2) is 0 Å². The molecule has 1 rings (SSSR count). The van der Waals surface area contributed by atoms with E-state index in [1.807, 2.05) is 0 Å². The van der Waals surface area contributed by atoms with Crippen LogP contribution in [0.1, 0.15) is 13.3 Å². The van der Waals surface area contributed by atoms with E-state index in [0.29, 0.717) is 0 Å². The normalized spacial score (nSPS) is 16.5. The average Bonchev–Trinajstić information content (AvgIpc) is 1.84. The van der Waals surface area contributed by atoms with Gasteiger partial charge in [-0.2, -0.15) is 0 Å². The lowest BCUT2D eigenvalue weighted by Gasteiger charge is -2.33. The van der Waals surface area contributed by atoms with E-state index in [-0.39, 0.29) is 0 Å². The van der Waals surface area contributed by atoms with Crippen LogP contribution in [0, 0.1) is 0 Å². The molecule has 1 aliphatic rings. The number of hydrazine groups is 1. The Morgan fingerprint density at radius 1 is 1.55 bits per heavy atom. The second-order valence-corrected chi connectivity index (χ2v) is 2.73. The molecule has 0 spiro atoms. The van der Waals surface area contributed by atoms with Crippen molar-refractivity contribution in [1.29, 1.82) is 0 Å². The Morgan fingerprint density at radius 2 is 2.27 bits per heavy atom. The molecule has 0 aromatic carbocycles. The van der Waals surface area contributed by atoms with E-state index in [4.69, 9.17) is 0 Å². The van der Waals surface area contributed by atoms with E-state index in [9.17, 15) is 0 Å². The summed E-state index contributed by atoms with van der Waals surface area (Å²) < 4.78 is 0. The van der Waals surface area contributed by atoms with Gasteiger partial charge in [-0.15, -0.1) is 0 Å². The van der Waals surface area contributed by atoms with Crippen molar-refractivity contribution in [2.24, 2.45) is 0 Å². The third kappa shape index (κ3) is 2.39. The second-order valence-electron chi connectivity index (χ2n) is 2.73. The van der Waals surface area contributed by atoms with E-state index < -0.39 is 0 Å². The maximum absolute atomic E-state index is 2.20. The fourth-order valence-electron chi connectivity index (χ4n) is 0.952. The first-order valence-electron chi connectivity index (χ1n) is 4.14. The molecule has 1 aliphatic heterocycles. The molecule has 0 saturated heterocycles. The molecule has 0 atom stereocenters. The van der Waals surface area contributed by atoms with Crippen molar-refractivity contribution >= 4 is 0 Å². The highest BCUT2D eigenvalue weighted by atomic mass is 15.6. The molecule has 0 unspecified atom stereocenters. The minimum absolute atomic E-state index is 1.01. The molecule has 11 heavy (non-hydrogen) atoms. The van der Waals surface area contributed by atoms with Crippen molar-refractivity contribution in [2.45, 2.75) is 13.3 Å². The molecule has 0 aromatic rings. The highest BCUT2D eigenvalue weighted by molar-refractivity contribution is 4.96. The lowest BCUT2D eigenvalue weighted by atomic mass is 10.4. The molecule has 0 aliphatic carbocycles. The monoisotopic (exact) mass is 152 g/mol. The van der Waals surface area contributed by atoms with Gasteiger partial charge < -0.3 is 5.01 Å². The number of hydrogen-bond acceptors (Lipinski definition) is 2. The zero-order valence-corrected chi connectivity index (χ0v) is 7.33. The maximum Gasteiger partial charge on any atom is 0.0538 e. The van der Waals surface area contributed by atoms with E-state index >= 15 is 0 Å². The summed E-state index contributed by atoms with van der Waals surface area (Å²) in [5.74, 6) is 0. The summed E-state index contributed by atoms with van der Waals surface area (Å²) in [5, 5.41) is 4.39. The zero-order valence-electron chi connectivity index (χ0n) is 7.33. The SMILES string of the molecule is CC/C=C\CN(C)N1C=CC1. The summed E-state index contributed by atoms with van der Waals surface area (Å²) in [6.45, 7) is 4.23. The van der Waals surface area contributed by atoms with Crippen molar-refractivity contribution in [1.82, 2.24) is 10.0 Å². The van der Waals surface area contributed by atoms with Crippen LogP contribution in [-0.2, 0) is 0 Å². The largest absolute Gasteiger partial charge is 0.309 e. The molecular weight excluding hydrogens is 136 g/mol. The van der Waals surface area contributed by atoms with E-state index in [0.717, 1.165) is 19.5 Å². The Morgan fingerprint density at radius 3 is 2.73 bits per heavy atom. The highest BCUT2D eigenvalue weighted by Gasteiger charge is 2.07. The Hall–Kier alpha value is -0.760. The first-order chi connectivity index (χ1) is 5.34. The van der Waals surface area contributed by atoms with Gasteiger partial charge in [0.25, 0.3) is 0 Å². The molecule has 62 valence electrons. The molecule has 0 aromatic heterocycles. The Kier molecular flexibility index (Phi) is 3.17. The van der Waals surface area contributed by atoms with Crippen LogP contribution in [0.15, 0.2) is 24.4 Å². The highest BCUT2D eigenvalue weighted by Crippen LogP contribution is 2.04. The summed E-state index contributed by atoms with van der Waals surface area (Å²) in [6.07, 6.45) is 9.77. The fourth-order valence-corrected chi connectivity index (χ4v) is 0.952. The number of rotatable bonds is 4. The topological polar surface area (TPSA) is 6.48 Å². The van der Waals surface area contributed by atoms with Crippen LogP contribution < -0.4 is 0 Å². The average molecular weight is 152 g/mol. The number of likely N-dealkylation sites (N-methyl/N-ethyl adjacent to an activating group) is 1. The summed E-state index contributed by atoms with van der Waals surface area (Å²) in [4.78, 5) is 0. The molecule has 0 amide bonds. The van der Waals surface area contributed by atoms with Crippen molar-refractivity contribution in [2.75, 3.05) is 20.1 Å². The van der Waals surface area contributed by atoms with E-state index in [2.05, 4.69) is 48.4 Å². The molecule has 2 nitrogen and oxygen atoms in total. The number of hydrogen-bond donors (Lipinski definition) is 0. The summed E-state index contributed by atoms with van der Waals surface area (Å²) in [5.41, 5.74) is 0. The van der Waals surface area contributed by atoms with Gasteiger partial charge in [0, 0.05) is 19.8 Å². The van der Waals surface area contributed by atoms with Crippen LogP contribution in [0.5, 0.6) is 0 Å². The molecule has 0 fully saturated rings. The van der Waals surface area contributed by atoms with Crippen LogP contribution in [0.3, 0.4) is 0 Å². The summed E-state index contributed by atoms with van der Waals surface area (Å²) >= 11 is 0. The van der Waals surface area contributed by atoms with E-state index in [1.165, 1.54) is 0 Å². The van der Waals surface area contributed by atoms with Gasteiger partial charge in [-0.3, -0.25) is 0 Å². The van der Waals surface area contributed by atoms with E-state index in [1.54, 1.807) is 0 Å². The third-order valence-corrected chi connectivity index (χ3v) is 1.78. The fraction of sp³-hybridized carbons (Fsp3) is 0.556. The lowest BCUT2D eigenvalue weighted by Crippen LogP contribution is -2.40. The molecule has 2 heteroatoms. The molecule has 0 saturated carbocycles. The van der Waals surface area contributed by atoms with Gasteiger partial charge in [-0.25, -0.2) is 5.01 Å². The number of allylic oxidation sites excluding steroid dienone is 1. The third-order valence-electron chi connectivity index (χ3n) is 1.78. The summed E-state index contributed by atoms with van der Waals surface area (Å²) in [6, 6.07) is 0. The maximum atomic E-state index is 2.20. The minimum atomic E-state index is 1.01. The van der Waals surface area contributed by atoms with Gasteiger partial charge >= 0.3 is 0 Å². The molecule has 0 N–H and O–H groups in total. The van der Waals surface area contributed by atoms with Crippen molar-refractivity contribution < 1.29 is 0 Å². The number of nitrogens with zero attached hydrogens (tertiary/aromatic N) is 2. The molecule has 0 radical (unpaired) electrons. The van der Waals surface area contributed by atoms with Crippen LogP contribution in [0.25, 0.3) is 0 Å². The van der Waals surface area contributed by atoms with Crippen LogP contribution in [0.4, 0.5) is 0 Å². The second kappa shape index (κ2) is 4.19.